The highest BCUT2D eigenvalue weighted by molar-refractivity contribution is 8.02. The Morgan fingerprint density at radius 2 is 1.76 bits per heavy atom. The van der Waals surface area contributed by atoms with Crippen LogP contribution in [0.15, 0.2) is 66.7 Å². The summed E-state index contributed by atoms with van der Waals surface area (Å²) >= 11 is 1.31. The van der Waals surface area contributed by atoms with Gasteiger partial charge in [0.2, 0.25) is 16.7 Å². The zero-order valence-electron chi connectivity index (χ0n) is 19.3. The molecule has 2 heterocycles. The van der Waals surface area contributed by atoms with E-state index in [2.05, 4.69) is 5.32 Å². The van der Waals surface area contributed by atoms with Gasteiger partial charge in [0.1, 0.15) is 6.54 Å². The van der Waals surface area contributed by atoms with Gasteiger partial charge in [0, 0.05) is 16.9 Å². The molecule has 1 fully saturated rings. The van der Waals surface area contributed by atoms with Gasteiger partial charge in [-0.3, -0.25) is 24.2 Å². The SMILES string of the molecule is Cc1cccc(N2C(=O)CSC23C(=O)N(CC(=O)Nc2ccc(C)c(C)c2)c2ccccc23)c1. The van der Waals surface area contributed by atoms with Gasteiger partial charge in [-0.25, -0.2) is 0 Å². The highest BCUT2D eigenvalue weighted by Gasteiger charge is 2.61. The molecular weight excluding hydrogens is 446 g/mol. The van der Waals surface area contributed by atoms with Crippen LogP contribution in [0.25, 0.3) is 0 Å². The molecule has 3 aromatic rings. The first-order valence-corrected chi connectivity index (χ1v) is 12.1. The van der Waals surface area contributed by atoms with Crippen molar-refractivity contribution in [2.75, 3.05) is 27.4 Å². The summed E-state index contributed by atoms with van der Waals surface area (Å²) in [6.07, 6.45) is 0. The van der Waals surface area contributed by atoms with Crippen molar-refractivity contribution in [2.24, 2.45) is 0 Å². The van der Waals surface area contributed by atoms with Gasteiger partial charge in [0.05, 0.1) is 11.4 Å². The normalized spacial score (nSPS) is 19.1. The Hall–Kier alpha value is -3.58. The lowest BCUT2D eigenvalue weighted by molar-refractivity contribution is -0.124. The number of carbonyl (C=O) groups excluding carboxylic acids is 3. The standard InChI is InChI=1S/C27H25N3O3S/c1-17-7-6-8-21(13-17)30-25(32)16-34-27(30)22-9-4-5-10-23(22)29(26(27)33)15-24(31)28-20-12-11-18(2)19(3)14-20/h4-14H,15-16H2,1-3H3,(H,28,31). The first kappa shape index (κ1) is 22.2. The Bertz CT molecular complexity index is 1340. The quantitative estimate of drug-likeness (QED) is 0.607. The predicted octanol–water partition coefficient (Wildman–Crippen LogP) is 4.53. The molecule has 3 aromatic carbocycles. The van der Waals surface area contributed by atoms with Crippen molar-refractivity contribution >= 4 is 46.5 Å². The van der Waals surface area contributed by atoms with E-state index in [-0.39, 0.29) is 30.0 Å². The summed E-state index contributed by atoms with van der Waals surface area (Å²) in [5.41, 5.74) is 5.98. The molecule has 5 rings (SSSR count). The van der Waals surface area contributed by atoms with E-state index in [0.29, 0.717) is 17.1 Å². The molecule has 6 nitrogen and oxygen atoms in total. The number of hydrogen-bond acceptors (Lipinski definition) is 4. The molecule has 1 spiro atoms. The zero-order chi connectivity index (χ0) is 24.0. The average molecular weight is 472 g/mol. The third kappa shape index (κ3) is 3.47. The number of nitrogens with one attached hydrogen (secondary N) is 1. The second-order valence-electron chi connectivity index (χ2n) is 8.76. The minimum Gasteiger partial charge on any atom is -0.325 e. The fourth-order valence-electron chi connectivity index (χ4n) is 4.64. The molecule has 0 radical (unpaired) electrons. The zero-order valence-corrected chi connectivity index (χ0v) is 20.1. The number of thioether (sulfide) groups is 1. The summed E-state index contributed by atoms with van der Waals surface area (Å²) in [5, 5.41) is 2.91. The number of carbonyl (C=O) groups is 3. The summed E-state index contributed by atoms with van der Waals surface area (Å²) in [5.74, 6) is -0.502. The van der Waals surface area contributed by atoms with Crippen molar-refractivity contribution < 1.29 is 14.4 Å². The molecule has 1 saturated heterocycles. The summed E-state index contributed by atoms with van der Waals surface area (Å²) in [6.45, 7) is 5.82. The molecule has 0 bridgehead atoms. The number of aryl methyl sites for hydroxylation is 3. The van der Waals surface area contributed by atoms with E-state index in [1.165, 1.54) is 16.7 Å². The number of hydrogen-bond donors (Lipinski definition) is 1. The third-order valence-electron chi connectivity index (χ3n) is 6.42. The van der Waals surface area contributed by atoms with Crippen LogP contribution < -0.4 is 15.1 Å². The molecule has 0 aliphatic carbocycles. The fourth-order valence-corrected chi connectivity index (χ4v) is 6.00. The number of rotatable bonds is 4. The van der Waals surface area contributed by atoms with Gasteiger partial charge in [0.15, 0.2) is 0 Å². The summed E-state index contributed by atoms with van der Waals surface area (Å²) in [7, 11) is 0. The molecular formula is C27H25N3O3S. The molecule has 0 saturated carbocycles. The molecule has 172 valence electrons. The lowest BCUT2D eigenvalue weighted by Gasteiger charge is -2.33. The van der Waals surface area contributed by atoms with Crippen molar-refractivity contribution in [3.63, 3.8) is 0 Å². The highest BCUT2D eigenvalue weighted by atomic mass is 32.2. The summed E-state index contributed by atoms with van der Waals surface area (Å²) in [6, 6.07) is 20.8. The van der Waals surface area contributed by atoms with E-state index < -0.39 is 4.87 Å². The number of amides is 3. The van der Waals surface area contributed by atoms with Gasteiger partial charge in [-0.15, -0.1) is 11.8 Å². The molecule has 34 heavy (non-hydrogen) atoms. The maximum absolute atomic E-state index is 14.0. The van der Waals surface area contributed by atoms with Crippen LogP contribution in [0.5, 0.6) is 0 Å². The monoisotopic (exact) mass is 471 g/mol. The summed E-state index contributed by atoms with van der Waals surface area (Å²) in [4.78, 5) is 42.0. The number of nitrogens with zero attached hydrogens (tertiary/aromatic N) is 2. The van der Waals surface area contributed by atoms with Gasteiger partial charge in [-0.1, -0.05) is 36.4 Å². The van der Waals surface area contributed by atoms with E-state index in [4.69, 9.17) is 0 Å². The first-order chi connectivity index (χ1) is 16.3. The number of benzene rings is 3. The van der Waals surface area contributed by atoms with Crippen LogP contribution in [0.3, 0.4) is 0 Å². The first-order valence-electron chi connectivity index (χ1n) is 11.1. The van der Waals surface area contributed by atoms with Crippen LogP contribution in [0, 0.1) is 20.8 Å². The van der Waals surface area contributed by atoms with E-state index in [1.807, 2.05) is 87.5 Å². The fraction of sp³-hybridized carbons (Fsp3) is 0.222. The van der Waals surface area contributed by atoms with Crippen molar-refractivity contribution in [3.05, 3.63) is 89.0 Å². The van der Waals surface area contributed by atoms with Gasteiger partial charge in [-0.2, -0.15) is 0 Å². The van der Waals surface area contributed by atoms with Gasteiger partial charge >= 0.3 is 0 Å². The lowest BCUT2D eigenvalue weighted by atomic mass is 10.0. The molecule has 1 N–H and O–H groups in total. The van der Waals surface area contributed by atoms with E-state index in [1.54, 1.807) is 4.90 Å². The number of fused-ring (bicyclic) bond motifs is 2. The minimum absolute atomic E-state index is 0.125. The van der Waals surface area contributed by atoms with Gasteiger partial charge in [-0.05, 0) is 67.8 Å². The van der Waals surface area contributed by atoms with E-state index in [0.717, 1.165) is 22.3 Å². The summed E-state index contributed by atoms with van der Waals surface area (Å²) < 4.78 is 0. The molecule has 1 unspecified atom stereocenters. The Kier molecular flexibility index (Phi) is 5.44. The van der Waals surface area contributed by atoms with Crippen LogP contribution in [0.4, 0.5) is 17.1 Å². The maximum atomic E-state index is 14.0. The van der Waals surface area contributed by atoms with Crippen LogP contribution in [0.2, 0.25) is 0 Å². The molecule has 2 aliphatic heterocycles. The second-order valence-corrected chi connectivity index (χ2v) is 9.92. The van der Waals surface area contributed by atoms with E-state index >= 15 is 0 Å². The molecule has 3 amide bonds. The molecule has 0 aromatic heterocycles. The van der Waals surface area contributed by atoms with Crippen molar-refractivity contribution in [1.82, 2.24) is 0 Å². The predicted molar refractivity (Wildman–Crippen MR) is 136 cm³/mol. The number of anilines is 3. The molecule has 2 aliphatic rings. The Morgan fingerprint density at radius 1 is 0.971 bits per heavy atom. The largest absolute Gasteiger partial charge is 0.325 e. The van der Waals surface area contributed by atoms with Crippen molar-refractivity contribution in [1.29, 1.82) is 0 Å². The highest BCUT2D eigenvalue weighted by Crippen LogP contribution is 2.55. The van der Waals surface area contributed by atoms with Crippen LogP contribution >= 0.6 is 11.8 Å². The van der Waals surface area contributed by atoms with Gasteiger partial charge < -0.3 is 5.32 Å². The van der Waals surface area contributed by atoms with Crippen LogP contribution in [-0.2, 0) is 19.3 Å². The van der Waals surface area contributed by atoms with Crippen molar-refractivity contribution in [3.8, 4) is 0 Å². The maximum Gasteiger partial charge on any atom is 0.269 e. The average Bonchev–Trinajstić information content (AvgIpc) is 3.27. The molecule has 7 heteroatoms. The van der Waals surface area contributed by atoms with Crippen LogP contribution in [-0.4, -0.2) is 30.0 Å². The van der Waals surface area contributed by atoms with Gasteiger partial charge in [0.25, 0.3) is 5.91 Å². The minimum atomic E-state index is -1.22. The van der Waals surface area contributed by atoms with Crippen molar-refractivity contribution in [2.45, 2.75) is 25.6 Å². The lowest BCUT2D eigenvalue weighted by Crippen LogP contribution is -2.50. The Labute approximate surface area is 202 Å². The Balaban J connectivity index is 1.50. The topological polar surface area (TPSA) is 69.7 Å². The molecule has 1 atom stereocenters. The smallest absolute Gasteiger partial charge is 0.269 e. The third-order valence-corrected chi connectivity index (χ3v) is 7.80. The Morgan fingerprint density at radius 3 is 2.53 bits per heavy atom. The van der Waals surface area contributed by atoms with Crippen LogP contribution in [0.1, 0.15) is 22.3 Å². The van der Waals surface area contributed by atoms with E-state index in [9.17, 15) is 14.4 Å². The second kappa shape index (κ2) is 8.33. The number of para-hydroxylation sites is 1.